The molecule has 9 heavy (non-hydrogen) atoms. The topological polar surface area (TPSA) is 49.0 Å². The molecular weight excluding hydrogens is 118 g/mol. The number of amides is 1. The van der Waals surface area contributed by atoms with Crippen LogP contribution in [-0.2, 0) is 9.90 Å². The molecule has 0 bridgehead atoms. The fraction of sp³-hybridized carbons (Fsp3) is 0.833. The first-order chi connectivity index (χ1) is 4.31. The number of carbonyl (C=O) groups excluding carboxylic acids is 1. The summed E-state index contributed by atoms with van der Waals surface area (Å²) in [5.74, 6) is -0.0200. The maximum atomic E-state index is 10.6. The minimum absolute atomic E-state index is 0.0200. The van der Waals surface area contributed by atoms with Gasteiger partial charge in [-0.2, -0.15) is 0 Å². The second-order valence-corrected chi connectivity index (χ2v) is 1.76. The van der Waals surface area contributed by atoms with Crippen molar-refractivity contribution < 1.29 is 9.90 Å². The molecule has 1 radical (unpaired) electrons. The highest BCUT2D eigenvalue weighted by molar-refractivity contribution is 5.75. The van der Waals surface area contributed by atoms with E-state index in [1.54, 1.807) is 0 Å². The van der Waals surface area contributed by atoms with E-state index in [1.807, 2.05) is 6.92 Å². The number of hydrogen-bond acceptors (Lipinski definition) is 1. The van der Waals surface area contributed by atoms with Crippen molar-refractivity contribution in [2.45, 2.75) is 19.8 Å². The lowest BCUT2D eigenvalue weighted by molar-refractivity contribution is -0.121. The molecule has 0 aliphatic rings. The number of nitrogens with one attached hydrogen (secondary N) is 1. The van der Waals surface area contributed by atoms with Crippen molar-refractivity contribution in [3.05, 3.63) is 0 Å². The van der Waals surface area contributed by atoms with E-state index in [-0.39, 0.29) is 12.5 Å². The van der Waals surface area contributed by atoms with Crippen LogP contribution >= 0.6 is 0 Å². The summed E-state index contributed by atoms with van der Waals surface area (Å²) in [5, 5.41) is 12.5. The van der Waals surface area contributed by atoms with Gasteiger partial charge in [0.25, 0.3) is 0 Å². The molecule has 0 rings (SSSR count). The van der Waals surface area contributed by atoms with Crippen molar-refractivity contribution in [2.75, 3.05) is 13.2 Å². The molecule has 53 valence electrons. The smallest absolute Gasteiger partial charge is 0.220 e. The normalized spacial score (nSPS) is 9.11. The molecule has 1 amide bonds. The molecule has 0 aliphatic heterocycles. The molecule has 0 aromatic heterocycles. The molecule has 3 nitrogen and oxygen atoms in total. The lowest BCUT2D eigenvalue weighted by Crippen LogP contribution is -2.22. The highest BCUT2D eigenvalue weighted by Crippen LogP contribution is 1.85. The zero-order valence-corrected chi connectivity index (χ0v) is 5.64. The predicted molar refractivity (Wildman–Crippen MR) is 33.5 cm³/mol. The lowest BCUT2D eigenvalue weighted by Gasteiger charge is -1.97. The van der Waals surface area contributed by atoms with E-state index in [4.69, 9.17) is 0 Å². The first kappa shape index (κ1) is 8.43. The molecular formula is C6H12NO2. The number of carbonyl (C=O) groups is 1. The summed E-state index contributed by atoms with van der Waals surface area (Å²) in [4.78, 5) is 10.6. The van der Waals surface area contributed by atoms with Crippen LogP contribution in [0.15, 0.2) is 0 Å². The van der Waals surface area contributed by atoms with Gasteiger partial charge in [0.15, 0.2) is 0 Å². The first-order valence-electron chi connectivity index (χ1n) is 3.16. The SMILES string of the molecule is CCNC(=O)CCC[O]. The van der Waals surface area contributed by atoms with Crippen molar-refractivity contribution in [2.24, 2.45) is 0 Å². The van der Waals surface area contributed by atoms with Crippen LogP contribution in [0.4, 0.5) is 0 Å². The van der Waals surface area contributed by atoms with Crippen LogP contribution in [0.1, 0.15) is 19.8 Å². The highest BCUT2D eigenvalue weighted by Gasteiger charge is 1.96. The Kier molecular flexibility index (Phi) is 5.21. The number of rotatable bonds is 4. The van der Waals surface area contributed by atoms with E-state index < -0.39 is 0 Å². The second-order valence-electron chi connectivity index (χ2n) is 1.76. The van der Waals surface area contributed by atoms with E-state index in [1.165, 1.54) is 0 Å². The first-order valence-corrected chi connectivity index (χ1v) is 3.16. The molecule has 0 fully saturated rings. The number of hydrogen-bond donors (Lipinski definition) is 1. The molecule has 1 N–H and O–H groups in total. The van der Waals surface area contributed by atoms with Gasteiger partial charge in [0, 0.05) is 13.0 Å². The Morgan fingerprint density at radius 3 is 2.67 bits per heavy atom. The van der Waals surface area contributed by atoms with Crippen LogP contribution in [0.25, 0.3) is 0 Å². The fourth-order valence-corrected chi connectivity index (χ4v) is 0.518. The summed E-state index contributed by atoms with van der Waals surface area (Å²) in [6.07, 6.45) is 0.823. The Bertz CT molecular complexity index is 83.1. The Hall–Kier alpha value is -0.570. The van der Waals surface area contributed by atoms with Gasteiger partial charge >= 0.3 is 0 Å². The maximum absolute atomic E-state index is 10.6. The monoisotopic (exact) mass is 130 g/mol. The van der Waals surface area contributed by atoms with Gasteiger partial charge in [0.2, 0.25) is 5.91 Å². The zero-order chi connectivity index (χ0) is 7.11. The summed E-state index contributed by atoms with van der Waals surface area (Å²) < 4.78 is 0. The fourth-order valence-electron chi connectivity index (χ4n) is 0.518. The van der Waals surface area contributed by atoms with Crippen molar-refractivity contribution in [1.29, 1.82) is 0 Å². The van der Waals surface area contributed by atoms with Crippen LogP contribution in [0.5, 0.6) is 0 Å². The molecule has 0 saturated carbocycles. The van der Waals surface area contributed by atoms with Gasteiger partial charge in [-0.1, -0.05) is 0 Å². The van der Waals surface area contributed by atoms with E-state index >= 15 is 0 Å². The summed E-state index contributed by atoms with van der Waals surface area (Å²) >= 11 is 0. The quantitative estimate of drug-likeness (QED) is 0.585. The van der Waals surface area contributed by atoms with Crippen molar-refractivity contribution in [1.82, 2.24) is 5.32 Å². The van der Waals surface area contributed by atoms with E-state index in [0.29, 0.717) is 19.4 Å². The van der Waals surface area contributed by atoms with E-state index in [0.717, 1.165) is 0 Å². The van der Waals surface area contributed by atoms with Gasteiger partial charge in [-0.3, -0.25) is 4.79 Å². The summed E-state index contributed by atoms with van der Waals surface area (Å²) in [7, 11) is 0. The molecule has 0 saturated heterocycles. The second kappa shape index (κ2) is 5.56. The predicted octanol–water partition coefficient (Wildman–Crippen LogP) is 0.333. The minimum Gasteiger partial charge on any atom is -0.356 e. The van der Waals surface area contributed by atoms with Crippen molar-refractivity contribution in [3.8, 4) is 0 Å². The van der Waals surface area contributed by atoms with Crippen molar-refractivity contribution >= 4 is 5.91 Å². The third kappa shape index (κ3) is 5.30. The largest absolute Gasteiger partial charge is 0.356 e. The van der Waals surface area contributed by atoms with E-state index in [9.17, 15) is 9.90 Å². The van der Waals surface area contributed by atoms with Gasteiger partial charge in [-0.05, 0) is 13.3 Å². The summed E-state index contributed by atoms with van der Waals surface area (Å²) in [5.41, 5.74) is 0. The van der Waals surface area contributed by atoms with Crippen molar-refractivity contribution in [3.63, 3.8) is 0 Å². The summed E-state index contributed by atoms with van der Waals surface area (Å²) in [6, 6.07) is 0. The molecule has 0 aromatic rings. The van der Waals surface area contributed by atoms with Gasteiger partial charge < -0.3 is 5.32 Å². The van der Waals surface area contributed by atoms with Crippen LogP contribution in [0, 0.1) is 0 Å². The molecule has 0 aromatic carbocycles. The lowest BCUT2D eigenvalue weighted by atomic mass is 10.3. The molecule has 0 atom stereocenters. The van der Waals surface area contributed by atoms with Gasteiger partial charge in [-0.25, -0.2) is 5.11 Å². The molecule has 0 spiro atoms. The summed E-state index contributed by atoms with van der Waals surface area (Å²) in [6.45, 7) is 2.35. The van der Waals surface area contributed by atoms with Crippen LogP contribution < -0.4 is 5.32 Å². The third-order valence-corrected chi connectivity index (χ3v) is 0.922. The minimum atomic E-state index is -0.156. The van der Waals surface area contributed by atoms with E-state index in [2.05, 4.69) is 5.32 Å². The molecule has 0 unspecified atom stereocenters. The molecule has 0 aliphatic carbocycles. The average molecular weight is 130 g/mol. The standard InChI is InChI=1S/C6H12NO2/c1-2-7-6(9)4-3-5-8/h2-5H2,1H3,(H,7,9). The van der Waals surface area contributed by atoms with Crippen LogP contribution in [-0.4, -0.2) is 19.1 Å². The van der Waals surface area contributed by atoms with Gasteiger partial charge in [0.1, 0.15) is 0 Å². The Labute approximate surface area is 55.1 Å². The van der Waals surface area contributed by atoms with Crippen LogP contribution in [0.2, 0.25) is 0 Å². The third-order valence-electron chi connectivity index (χ3n) is 0.922. The Balaban J connectivity index is 3.06. The highest BCUT2D eigenvalue weighted by atomic mass is 16.3. The Morgan fingerprint density at radius 1 is 1.56 bits per heavy atom. The average Bonchev–Trinajstić information content (AvgIpc) is 1.85. The van der Waals surface area contributed by atoms with Crippen LogP contribution in [0.3, 0.4) is 0 Å². The van der Waals surface area contributed by atoms with Gasteiger partial charge in [-0.15, -0.1) is 0 Å². The molecule has 3 heteroatoms. The van der Waals surface area contributed by atoms with Gasteiger partial charge in [0.05, 0.1) is 6.61 Å². The maximum Gasteiger partial charge on any atom is 0.220 e. The molecule has 0 heterocycles. The Morgan fingerprint density at radius 2 is 2.22 bits per heavy atom. The zero-order valence-electron chi connectivity index (χ0n) is 5.64.